The van der Waals surface area contributed by atoms with Crippen molar-refractivity contribution in [1.82, 2.24) is 15.3 Å². The summed E-state index contributed by atoms with van der Waals surface area (Å²) in [6, 6.07) is 2.27. The summed E-state index contributed by atoms with van der Waals surface area (Å²) in [6.45, 7) is 1.97. The number of nitrogens with one attached hydrogen (secondary N) is 2. The molecule has 6 heteroatoms. The predicted octanol–water partition coefficient (Wildman–Crippen LogP) is 1.05. The molecule has 18 heavy (non-hydrogen) atoms. The molecular formula is C12H20N4O2. The second-order valence-electron chi connectivity index (χ2n) is 4.29. The van der Waals surface area contributed by atoms with E-state index in [0.29, 0.717) is 23.8 Å². The Morgan fingerprint density at radius 3 is 2.61 bits per heavy atom. The lowest BCUT2D eigenvalue weighted by Gasteiger charge is -2.11. The van der Waals surface area contributed by atoms with Crippen LogP contribution >= 0.6 is 0 Å². The first-order chi connectivity index (χ1) is 8.81. The Morgan fingerprint density at radius 1 is 1.33 bits per heavy atom. The highest BCUT2D eigenvalue weighted by Crippen LogP contribution is 2.17. The van der Waals surface area contributed by atoms with Gasteiger partial charge in [-0.25, -0.2) is 0 Å². The number of rotatable bonds is 6. The van der Waals surface area contributed by atoms with Crippen LogP contribution in [0.15, 0.2) is 6.07 Å². The molecule has 0 radical (unpaired) electrons. The summed E-state index contributed by atoms with van der Waals surface area (Å²) in [5.74, 6) is 1.55. The first kappa shape index (κ1) is 12.9. The Kier molecular flexibility index (Phi) is 4.58. The van der Waals surface area contributed by atoms with Crippen LogP contribution < -0.4 is 20.1 Å². The van der Waals surface area contributed by atoms with Gasteiger partial charge in [-0.15, -0.1) is 0 Å². The minimum atomic E-state index is 0.503. The van der Waals surface area contributed by atoms with Crippen molar-refractivity contribution in [2.45, 2.75) is 25.3 Å². The smallest absolute Gasteiger partial charge is 0.229 e. The summed E-state index contributed by atoms with van der Waals surface area (Å²) >= 11 is 0. The number of anilines is 1. The molecule has 1 aromatic heterocycles. The lowest BCUT2D eigenvalue weighted by Crippen LogP contribution is -2.24. The van der Waals surface area contributed by atoms with Gasteiger partial charge in [0.1, 0.15) is 0 Å². The van der Waals surface area contributed by atoms with Crippen molar-refractivity contribution in [2.75, 3.05) is 32.6 Å². The zero-order valence-electron chi connectivity index (χ0n) is 10.9. The van der Waals surface area contributed by atoms with Crippen LogP contribution in [0.2, 0.25) is 0 Å². The molecule has 6 nitrogen and oxygen atoms in total. The van der Waals surface area contributed by atoms with Crippen molar-refractivity contribution in [3.8, 4) is 11.8 Å². The summed E-state index contributed by atoms with van der Waals surface area (Å²) < 4.78 is 10.2. The van der Waals surface area contributed by atoms with Crippen LogP contribution in [0.25, 0.3) is 0 Å². The maximum atomic E-state index is 5.09. The van der Waals surface area contributed by atoms with Gasteiger partial charge in [0.15, 0.2) is 0 Å². The molecular weight excluding hydrogens is 232 g/mol. The van der Waals surface area contributed by atoms with E-state index in [1.807, 2.05) is 0 Å². The largest absolute Gasteiger partial charge is 0.481 e. The molecule has 0 saturated carbocycles. The molecule has 1 aliphatic rings. The first-order valence-corrected chi connectivity index (χ1v) is 6.26. The van der Waals surface area contributed by atoms with Crippen LogP contribution in [0.4, 0.5) is 5.95 Å². The molecule has 100 valence electrons. The second-order valence-corrected chi connectivity index (χ2v) is 4.29. The second kappa shape index (κ2) is 6.39. The summed E-state index contributed by atoms with van der Waals surface area (Å²) in [6.07, 6.45) is 3.60. The minimum absolute atomic E-state index is 0.503. The topological polar surface area (TPSA) is 68.3 Å². The maximum Gasteiger partial charge on any atom is 0.229 e. The van der Waals surface area contributed by atoms with Crippen LogP contribution in [0.3, 0.4) is 0 Å². The number of aromatic nitrogens is 2. The van der Waals surface area contributed by atoms with E-state index in [9.17, 15) is 0 Å². The standard InChI is InChI=1S/C12H20N4O2/c1-17-10-8-11(18-2)16-12(15-10)14-7-5-9-4-3-6-13-9/h8-9,13H,3-7H2,1-2H3,(H,14,15,16)/t9-/m1/s1. The molecule has 0 aliphatic carbocycles. The van der Waals surface area contributed by atoms with Gasteiger partial charge in [0.2, 0.25) is 17.7 Å². The highest BCUT2D eigenvalue weighted by Gasteiger charge is 2.13. The molecule has 2 rings (SSSR count). The molecule has 0 aromatic carbocycles. The van der Waals surface area contributed by atoms with Gasteiger partial charge in [0.05, 0.1) is 20.3 Å². The zero-order valence-corrected chi connectivity index (χ0v) is 10.9. The van der Waals surface area contributed by atoms with Gasteiger partial charge in [0.25, 0.3) is 0 Å². The van der Waals surface area contributed by atoms with Gasteiger partial charge in [-0.3, -0.25) is 0 Å². The van der Waals surface area contributed by atoms with E-state index in [4.69, 9.17) is 9.47 Å². The highest BCUT2D eigenvalue weighted by molar-refractivity contribution is 5.33. The third kappa shape index (κ3) is 3.46. The van der Waals surface area contributed by atoms with E-state index in [0.717, 1.165) is 19.5 Å². The third-order valence-corrected chi connectivity index (χ3v) is 3.04. The fraction of sp³-hybridized carbons (Fsp3) is 0.667. The van der Waals surface area contributed by atoms with Crippen LogP contribution in [-0.2, 0) is 0 Å². The summed E-state index contributed by atoms with van der Waals surface area (Å²) in [7, 11) is 3.15. The lowest BCUT2D eigenvalue weighted by molar-refractivity contribution is 0.372. The molecule has 1 saturated heterocycles. The van der Waals surface area contributed by atoms with E-state index in [1.54, 1.807) is 20.3 Å². The van der Waals surface area contributed by atoms with Crippen molar-refractivity contribution in [1.29, 1.82) is 0 Å². The van der Waals surface area contributed by atoms with Crippen LogP contribution in [0.1, 0.15) is 19.3 Å². The molecule has 1 aromatic rings. The molecule has 1 atom stereocenters. The van der Waals surface area contributed by atoms with E-state index in [-0.39, 0.29) is 0 Å². The number of nitrogens with zero attached hydrogens (tertiary/aromatic N) is 2. The van der Waals surface area contributed by atoms with Gasteiger partial charge < -0.3 is 20.1 Å². The molecule has 2 N–H and O–H groups in total. The van der Waals surface area contributed by atoms with E-state index in [2.05, 4.69) is 20.6 Å². The molecule has 0 spiro atoms. The van der Waals surface area contributed by atoms with Gasteiger partial charge in [-0.1, -0.05) is 0 Å². The lowest BCUT2D eigenvalue weighted by atomic mass is 10.1. The van der Waals surface area contributed by atoms with Gasteiger partial charge in [-0.05, 0) is 25.8 Å². The Morgan fingerprint density at radius 2 is 2.06 bits per heavy atom. The summed E-state index contributed by atoms with van der Waals surface area (Å²) in [5, 5.41) is 6.66. The van der Waals surface area contributed by atoms with E-state index in [1.165, 1.54) is 12.8 Å². The summed E-state index contributed by atoms with van der Waals surface area (Å²) in [4.78, 5) is 8.44. The Hall–Kier alpha value is -1.56. The Labute approximate surface area is 107 Å². The van der Waals surface area contributed by atoms with Crippen molar-refractivity contribution in [2.24, 2.45) is 0 Å². The average Bonchev–Trinajstić information content (AvgIpc) is 2.91. The monoisotopic (exact) mass is 252 g/mol. The van der Waals surface area contributed by atoms with Gasteiger partial charge in [0, 0.05) is 12.6 Å². The molecule has 0 unspecified atom stereocenters. The summed E-state index contributed by atoms with van der Waals surface area (Å²) in [5.41, 5.74) is 0. The normalized spacial score (nSPS) is 18.7. The first-order valence-electron chi connectivity index (χ1n) is 6.26. The fourth-order valence-electron chi connectivity index (χ4n) is 2.05. The molecule has 1 aliphatic heterocycles. The molecule has 1 fully saturated rings. The van der Waals surface area contributed by atoms with Crippen LogP contribution in [0, 0.1) is 0 Å². The molecule has 0 bridgehead atoms. The average molecular weight is 252 g/mol. The maximum absolute atomic E-state index is 5.09. The van der Waals surface area contributed by atoms with Crippen molar-refractivity contribution in [3.05, 3.63) is 6.07 Å². The van der Waals surface area contributed by atoms with Gasteiger partial charge in [-0.2, -0.15) is 9.97 Å². The molecule has 0 amide bonds. The zero-order chi connectivity index (χ0) is 12.8. The quantitative estimate of drug-likeness (QED) is 0.788. The fourth-order valence-corrected chi connectivity index (χ4v) is 2.05. The van der Waals surface area contributed by atoms with Crippen molar-refractivity contribution < 1.29 is 9.47 Å². The minimum Gasteiger partial charge on any atom is -0.481 e. The SMILES string of the molecule is COc1cc(OC)nc(NCC[C@H]2CCCN2)n1. The number of hydrogen-bond donors (Lipinski definition) is 2. The number of methoxy groups -OCH3 is 2. The number of hydrogen-bond acceptors (Lipinski definition) is 6. The van der Waals surface area contributed by atoms with Crippen molar-refractivity contribution in [3.63, 3.8) is 0 Å². The Balaban J connectivity index is 1.87. The van der Waals surface area contributed by atoms with Crippen molar-refractivity contribution >= 4 is 5.95 Å². The van der Waals surface area contributed by atoms with E-state index < -0.39 is 0 Å². The van der Waals surface area contributed by atoms with E-state index >= 15 is 0 Å². The predicted molar refractivity (Wildman–Crippen MR) is 69.3 cm³/mol. The van der Waals surface area contributed by atoms with Gasteiger partial charge >= 0.3 is 0 Å². The van der Waals surface area contributed by atoms with Crippen LogP contribution in [0.5, 0.6) is 11.8 Å². The molecule has 2 heterocycles. The Bertz CT molecular complexity index is 358. The highest BCUT2D eigenvalue weighted by atomic mass is 16.5. The van der Waals surface area contributed by atoms with Crippen LogP contribution in [-0.4, -0.2) is 43.3 Å². The third-order valence-electron chi connectivity index (χ3n) is 3.04. The number of ether oxygens (including phenoxy) is 2.